The second-order valence-corrected chi connectivity index (χ2v) is 5.57. The molecule has 1 aromatic rings. The minimum Gasteiger partial charge on any atom is -0.491 e. The van der Waals surface area contributed by atoms with E-state index in [9.17, 15) is 4.79 Å². The van der Waals surface area contributed by atoms with Crippen LogP contribution in [0.2, 0.25) is 0 Å². The number of alkyl carbamates (subject to hydrolysis) is 1. The average Bonchev–Trinajstić information content (AvgIpc) is 2.41. The molecule has 0 atom stereocenters. The number of aliphatic hydroxyl groups is 1. The standard InChI is InChI=1S/C16H23NO4/c1-12(11-17-15(19)21-16(2,3)4)13-6-5-7-14(10-13)20-9-8-18/h5-7,10-11,18H,8-9H2,1-4H3,(H,17,19). The molecule has 5 nitrogen and oxygen atoms in total. The van der Waals surface area contributed by atoms with E-state index in [0.29, 0.717) is 5.75 Å². The number of hydrogen-bond donors (Lipinski definition) is 2. The Morgan fingerprint density at radius 1 is 1.38 bits per heavy atom. The van der Waals surface area contributed by atoms with E-state index in [1.54, 1.807) is 6.20 Å². The Hall–Kier alpha value is -2.01. The van der Waals surface area contributed by atoms with Crippen LogP contribution in [0, 0.1) is 0 Å². The number of rotatable bonds is 5. The maximum atomic E-state index is 11.6. The van der Waals surface area contributed by atoms with E-state index in [1.165, 1.54) is 0 Å². The summed E-state index contributed by atoms with van der Waals surface area (Å²) < 4.78 is 10.5. The first kappa shape index (κ1) is 17.0. The zero-order valence-electron chi connectivity index (χ0n) is 13.0. The number of carbonyl (C=O) groups is 1. The lowest BCUT2D eigenvalue weighted by Gasteiger charge is -2.19. The van der Waals surface area contributed by atoms with E-state index in [0.717, 1.165) is 11.1 Å². The van der Waals surface area contributed by atoms with Gasteiger partial charge >= 0.3 is 6.09 Å². The van der Waals surface area contributed by atoms with Crippen molar-refractivity contribution in [1.29, 1.82) is 0 Å². The first-order valence-corrected chi connectivity index (χ1v) is 6.82. The first-order valence-electron chi connectivity index (χ1n) is 6.82. The highest BCUT2D eigenvalue weighted by atomic mass is 16.6. The van der Waals surface area contributed by atoms with Gasteiger partial charge in [0.1, 0.15) is 18.0 Å². The third kappa shape index (κ3) is 6.81. The van der Waals surface area contributed by atoms with Crippen molar-refractivity contribution in [1.82, 2.24) is 5.32 Å². The molecule has 0 aliphatic carbocycles. The molecule has 0 aliphatic rings. The van der Waals surface area contributed by atoms with Crippen molar-refractivity contribution in [2.45, 2.75) is 33.3 Å². The Morgan fingerprint density at radius 2 is 2.10 bits per heavy atom. The van der Waals surface area contributed by atoms with Gasteiger partial charge in [-0.2, -0.15) is 0 Å². The molecule has 0 heterocycles. The van der Waals surface area contributed by atoms with Gasteiger partial charge in [0.25, 0.3) is 0 Å². The van der Waals surface area contributed by atoms with Gasteiger partial charge in [0.05, 0.1) is 6.61 Å². The number of hydrogen-bond acceptors (Lipinski definition) is 4. The summed E-state index contributed by atoms with van der Waals surface area (Å²) in [6.07, 6.45) is 1.11. The zero-order valence-corrected chi connectivity index (χ0v) is 13.0. The van der Waals surface area contributed by atoms with E-state index >= 15 is 0 Å². The predicted octanol–water partition coefficient (Wildman–Crippen LogP) is 2.94. The molecule has 0 saturated carbocycles. The van der Waals surface area contributed by atoms with Gasteiger partial charge in [0.15, 0.2) is 0 Å². The number of aliphatic hydroxyl groups excluding tert-OH is 1. The minimum absolute atomic E-state index is 0.0285. The molecular formula is C16H23NO4. The fourth-order valence-electron chi connectivity index (χ4n) is 1.55. The van der Waals surface area contributed by atoms with Crippen molar-refractivity contribution in [3.8, 4) is 5.75 Å². The Bertz CT molecular complexity index is 503. The van der Waals surface area contributed by atoms with E-state index in [4.69, 9.17) is 14.6 Å². The molecule has 0 aromatic heterocycles. The molecule has 1 amide bonds. The molecule has 0 bridgehead atoms. The van der Waals surface area contributed by atoms with E-state index in [2.05, 4.69) is 5.32 Å². The third-order valence-electron chi connectivity index (χ3n) is 2.45. The van der Waals surface area contributed by atoms with Crippen molar-refractivity contribution in [3.05, 3.63) is 36.0 Å². The number of nitrogens with one attached hydrogen (secondary N) is 1. The summed E-state index contributed by atoms with van der Waals surface area (Å²) >= 11 is 0. The van der Waals surface area contributed by atoms with Crippen molar-refractivity contribution < 1.29 is 19.4 Å². The van der Waals surface area contributed by atoms with Crippen molar-refractivity contribution in [2.24, 2.45) is 0 Å². The molecule has 0 fully saturated rings. The molecule has 116 valence electrons. The molecule has 0 saturated heterocycles. The third-order valence-corrected chi connectivity index (χ3v) is 2.45. The molecule has 1 aromatic carbocycles. The highest BCUT2D eigenvalue weighted by Gasteiger charge is 2.15. The van der Waals surface area contributed by atoms with Crippen LogP contribution in [-0.2, 0) is 4.74 Å². The summed E-state index contributed by atoms with van der Waals surface area (Å²) in [6.45, 7) is 7.53. The first-order chi connectivity index (χ1) is 9.81. The van der Waals surface area contributed by atoms with Crippen LogP contribution in [0.5, 0.6) is 5.75 Å². The molecule has 0 spiro atoms. The van der Waals surface area contributed by atoms with Gasteiger partial charge in [0, 0.05) is 6.20 Å². The molecule has 0 aliphatic heterocycles. The normalized spacial score (nSPS) is 12.0. The van der Waals surface area contributed by atoms with E-state index < -0.39 is 11.7 Å². The topological polar surface area (TPSA) is 67.8 Å². The van der Waals surface area contributed by atoms with Gasteiger partial charge in [-0.15, -0.1) is 0 Å². The van der Waals surface area contributed by atoms with Crippen LogP contribution in [0.25, 0.3) is 5.57 Å². The highest BCUT2D eigenvalue weighted by molar-refractivity contribution is 5.73. The smallest absolute Gasteiger partial charge is 0.411 e. The van der Waals surface area contributed by atoms with Crippen molar-refractivity contribution in [3.63, 3.8) is 0 Å². The molecule has 21 heavy (non-hydrogen) atoms. The van der Waals surface area contributed by atoms with Crippen molar-refractivity contribution in [2.75, 3.05) is 13.2 Å². The van der Waals surface area contributed by atoms with Crippen molar-refractivity contribution >= 4 is 11.7 Å². The van der Waals surface area contributed by atoms with Crippen LogP contribution >= 0.6 is 0 Å². The minimum atomic E-state index is -0.524. The SMILES string of the molecule is CC(=CNC(=O)OC(C)(C)C)c1cccc(OCCO)c1. The van der Waals surface area contributed by atoms with Gasteiger partial charge in [-0.05, 0) is 51.0 Å². The summed E-state index contributed by atoms with van der Waals surface area (Å²) in [4.78, 5) is 11.6. The lowest BCUT2D eigenvalue weighted by Crippen LogP contribution is -2.29. The largest absolute Gasteiger partial charge is 0.491 e. The molecule has 5 heteroatoms. The molecule has 1 rings (SSSR count). The van der Waals surface area contributed by atoms with Crippen LogP contribution in [-0.4, -0.2) is 30.0 Å². The Morgan fingerprint density at radius 3 is 2.71 bits per heavy atom. The summed E-state index contributed by atoms with van der Waals surface area (Å²) in [5, 5.41) is 11.3. The lowest BCUT2D eigenvalue weighted by molar-refractivity contribution is 0.0552. The zero-order chi connectivity index (χ0) is 15.9. The molecule has 2 N–H and O–H groups in total. The Labute approximate surface area is 125 Å². The second-order valence-electron chi connectivity index (χ2n) is 5.57. The summed E-state index contributed by atoms with van der Waals surface area (Å²) in [6, 6.07) is 7.42. The van der Waals surface area contributed by atoms with Gasteiger partial charge in [0.2, 0.25) is 0 Å². The second kappa shape index (κ2) is 7.69. The number of amides is 1. The van der Waals surface area contributed by atoms with E-state index in [-0.39, 0.29) is 13.2 Å². The fraction of sp³-hybridized carbons (Fsp3) is 0.438. The van der Waals surface area contributed by atoms with Gasteiger partial charge < -0.3 is 14.6 Å². The summed E-state index contributed by atoms with van der Waals surface area (Å²) in [5.41, 5.74) is 1.26. The van der Waals surface area contributed by atoms with E-state index in [1.807, 2.05) is 52.0 Å². The number of ether oxygens (including phenoxy) is 2. The van der Waals surface area contributed by atoms with Crippen LogP contribution in [0.1, 0.15) is 33.3 Å². The Kier molecular flexibility index (Phi) is 6.24. The van der Waals surface area contributed by atoms with Crippen LogP contribution < -0.4 is 10.1 Å². The monoisotopic (exact) mass is 293 g/mol. The molecular weight excluding hydrogens is 270 g/mol. The quantitative estimate of drug-likeness (QED) is 0.876. The summed E-state index contributed by atoms with van der Waals surface area (Å²) in [7, 11) is 0. The van der Waals surface area contributed by atoms with Crippen LogP contribution in [0.3, 0.4) is 0 Å². The fourth-order valence-corrected chi connectivity index (χ4v) is 1.55. The number of benzene rings is 1. The number of allylic oxidation sites excluding steroid dienone is 1. The lowest BCUT2D eigenvalue weighted by atomic mass is 10.1. The molecule has 0 radical (unpaired) electrons. The predicted molar refractivity (Wildman–Crippen MR) is 82.0 cm³/mol. The van der Waals surface area contributed by atoms with Crippen LogP contribution in [0.15, 0.2) is 30.5 Å². The average molecular weight is 293 g/mol. The molecule has 0 unspecified atom stereocenters. The number of carbonyl (C=O) groups excluding carboxylic acids is 1. The van der Waals surface area contributed by atoms with Gasteiger partial charge in [-0.3, -0.25) is 5.32 Å². The maximum Gasteiger partial charge on any atom is 0.411 e. The van der Waals surface area contributed by atoms with Gasteiger partial charge in [-0.1, -0.05) is 12.1 Å². The van der Waals surface area contributed by atoms with Gasteiger partial charge in [-0.25, -0.2) is 4.79 Å². The van der Waals surface area contributed by atoms with Crippen LogP contribution in [0.4, 0.5) is 4.79 Å². The highest BCUT2D eigenvalue weighted by Crippen LogP contribution is 2.19. The maximum absolute atomic E-state index is 11.6. The Balaban J connectivity index is 2.67. The summed E-state index contributed by atoms with van der Waals surface area (Å²) in [5.74, 6) is 0.673.